The number of pyridine rings is 3. The molecule has 0 saturated carbocycles. The lowest BCUT2D eigenvalue weighted by atomic mass is 10.1. The standard InChI is InChI=1S/C18H19N5/c1-13-11-21-8-9-23(13)18-10-16(14-2-5-19-6-3-14)22-17-12-20-7-4-15(17)18/h2-7,10,12-13,21H,8-9,11H2,1H3. The largest absolute Gasteiger partial charge is 0.366 e. The second kappa shape index (κ2) is 5.93. The Hall–Kier alpha value is -2.53. The molecule has 1 aliphatic heterocycles. The maximum absolute atomic E-state index is 4.79. The van der Waals surface area contributed by atoms with Gasteiger partial charge in [-0.2, -0.15) is 0 Å². The Morgan fingerprint density at radius 3 is 2.78 bits per heavy atom. The van der Waals surface area contributed by atoms with Crippen LogP contribution in [0.3, 0.4) is 0 Å². The number of nitrogens with zero attached hydrogens (tertiary/aromatic N) is 4. The molecule has 0 bridgehead atoms. The molecular formula is C18H19N5. The predicted molar refractivity (Wildman–Crippen MR) is 92.4 cm³/mol. The van der Waals surface area contributed by atoms with Crippen LogP contribution in [0.2, 0.25) is 0 Å². The van der Waals surface area contributed by atoms with Crippen molar-refractivity contribution in [2.75, 3.05) is 24.5 Å². The van der Waals surface area contributed by atoms with Gasteiger partial charge in [0.15, 0.2) is 0 Å². The lowest BCUT2D eigenvalue weighted by Gasteiger charge is -2.36. The fraction of sp³-hybridized carbons (Fsp3) is 0.278. The minimum absolute atomic E-state index is 0.452. The molecule has 0 spiro atoms. The second-order valence-electron chi connectivity index (χ2n) is 5.90. The summed E-state index contributed by atoms with van der Waals surface area (Å²) in [5.74, 6) is 0. The third-order valence-electron chi connectivity index (χ3n) is 4.38. The number of hydrogen-bond donors (Lipinski definition) is 1. The Morgan fingerprint density at radius 2 is 1.96 bits per heavy atom. The zero-order valence-corrected chi connectivity index (χ0v) is 13.1. The third kappa shape index (κ3) is 2.64. The van der Waals surface area contributed by atoms with Crippen molar-refractivity contribution in [1.29, 1.82) is 0 Å². The van der Waals surface area contributed by atoms with E-state index in [0.717, 1.165) is 41.8 Å². The van der Waals surface area contributed by atoms with Crippen LogP contribution in [0.15, 0.2) is 49.1 Å². The van der Waals surface area contributed by atoms with Gasteiger partial charge < -0.3 is 10.2 Å². The molecule has 23 heavy (non-hydrogen) atoms. The van der Waals surface area contributed by atoms with Crippen molar-refractivity contribution in [3.63, 3.8) is 0 Å². The lowest BCUT2D eigenvalue weighted by Crippen LogP contribution is -2.50. The zero-order valence-electron chi connectivity index (χ0n) is 13.1. The fourth-order valence-electron chi connectivity index (χ4n) is 3.17. The number of hydrogen-bond acceptors (Lipinski definition) is 5. The summed E-state index contributed by atoms with van der Waals surface area (Å²) in [6, 6.07) is 8.69. The van der Waals surface area contributed by atoms with Crippen LogP contribution in [0.5, 0.6) is 0 Å². The van der Waals surface area contributed by atoms with Crippen LogP contribution < -0.4 is 10.2 Å². The first-order valence-corrected chi connectivity index (χ1v) is 7.95. The van der Waals surface area contributed by atoms with E-state index in [0.29, 0.717) is 6.04 Å². The quantitative estimate of drug-likeness (QED) is 0.788. The highest BCUT2D eigenvalue weighted by Gasteiger charge is 2.21. The average molecular weight is 305 g/mol. The van der Waals surface area contributed by atoms with Gasteiger partial charge in [-0.1, -0.05) is 0 Å². The van der Waals surface area contributed by atoms with E-state index in [2.05, 4.69) is 39.2 Å². The van der Waals surface area contributed by atoms with Gasteiger partial charge in [0, 0.05) is 60.9 Å². The number of rotatable bonds is 2. The summed E-state index contributed by atoms with van der Waals surface area (Å²) in [4.78, 5) is 15.6. The Labute approximate surface area is 135 Å². The van der Waals surface area contributed by atoms with E-state index in [4.69, 9.17) is 4.98 Å². The third-order valence-corrected chi connectivity index (χ3v) is 4.38. The first-order chi connectivity index (χ1) is 11.3. The van der Waals surface area contributed by atoms with Gasteiger partial charge in [-0.3, -0.25) is 9.97 Å². The zero-order chi connectivity index (χ0) is 15.6. The first-order valence-electron chi connectivity index (χ1n) is 7.95. The molecule has 5 nitrogen and oxygen atoms in total. The molecule has 116 valence electrons. The number of nitrogens with one attached hydrogen (secondary N) is 1. The molecule has 1 unspecified atom stereocenters. The van der Waals surface area contributed by atoms with Crippen LogP contribution in [0, 0.1) is 0 Å². The van der Waals surface area contributed by atoms with Crippen molar-refractivity contribution in [1.82, 2.24) is 20.3 Å². The summed E-state index contributed by atoms with van der Waals surface area (Å²) in [5, 5.41) is 4.61. The minimum Gasteiger partial charge on any atom is -0.366 e. The van der Waals surface area contributed by atoms with Gasteiger partial charge in [0.1, 0.15) is 0 Å². The monoisotopic (exact) mass is 305 g/mol. The summed E-state index contributed by atoms with van der Waals surface area (Å²) in [5.41, 5.74) is 4.21. The van der Waals surface area contributed by atoms with E-state index in [-0.39, 0.29) is 0 Å². The van der Waals surface area contributed by atoms with E-state index in [1.165, 1.54) is 5.69 Å². The van der Waals surface area contributed by atoms with Crippen LogP contribution >= 0.6 is 0 Å². The topological polar surface area (TPSA) is 53.9 Å². The van der Waals surface area contributed by atoms with E-state index in [9.17, 15) is 0 Å². The summed E-state index contributed by atoms with van der Waals surface area (Å²) in [7, 11) is 0. The molecule has 1 N–H and O–H groups in total. The molecule has 5 heteroatoms. The van der Waals surface area contributed by atoms with Gasteiger partial charge >= 0.3 is 0 Å². The summed E-state index contributed by atoms with van der Waals surface area (Å²) in [6.07, 6.45) is 7.29. The Balaban J connectivity index is 1.91. The van der Waals surface area contributed by atoms with Crippen LogP contribution in [-0.4, -0.2) is 40.6 Å². The summed E-state index contributed by atoms with van der Waals surface area (Å²) < 4.78 is 0. The fourth-order valence-corrected chi connectivity index (χ4v) is 3.17. The average Bonchev–Trinajstić information content (AvgIpc) is 2.62. The van der Waals surface area contributed by atoms with E-state index < -0.39 is 0 Å². The summed E-state index contributed by atoms with van der Waals surface area (Å²) >= 11 is 0. The molecule has 3 aromatic heterocycles. The van der Waals surface area contributed by atoms with Crippen molar-refractivity contribution in [2.45, 2.75) is 13.0 Å². The molecule has 3 aromatic rings. The van der Waals surface area contributed by atoms with Gasteiger partial charge in [-0.15, -0.1) is 0 Å². The Morgan fingerprint density at radius 1 is 1.13 bits per heavy atom. The maximum Gasteiger partial charge on any atom is 0.0913 e. The van der Waals surface area contributed by atoms with Crippen molar-refractivity contribution >= 4 is 16.6 Å². The molecule has 0 amide bonds. The molecule has 1 aliphatic rings. The molecule has 1 saturated heterocycles. The molecule has 0 radical (unpaired) electrons. The van der Waals surface area contributed by atoms with E-state index >= 15 is 0 Å². The molecular weight excluding hydrogens is 286 g/mol. The Bertz CT molecular complexity index is 818. The SMILES string of the molecule is CC1CNCCN1c1cc(-c2ccncc2)nc2cnccc12. The van der Waals surface area contributed by atoms with E-state index in [1.807, 2.05) is 24.5 Å². The van der Waals surface area contributed by atoms with Crippen molar-refractivity contribution in [2.24, 2.45) is 0 Å². The molecule has 0 aliphatic carbocycles. The first kappa shape index (κ1) is 14.1. The second-order valence-corrected chi connectivity index (χ2v) is 5.90. The normalized spacial score (nSPS) is 18.3. The van der Waals surface area contributed by atoms with Gasteiger partial charge in [-0.05, 0) is 31.2 Å². The highest BCUT2D eigenvalue weighted by molar-refractivity contribution is 5.93. The lowest BCUT2D eigenvalue weighted by molar-refractivity contribution is 0.502. The van der Waals surface area contributed by atoms with E-state index in [1.54, 1.807) is 12.4 Å². The minimum atomic E-state index is 0.452. The van der Waals surface area contributed by atoms with Gasteiger partial charge in [0.25, 0.3) is 0 Å². The maximum atomic E-state index is 4.79. The molecule has 1 atom stereocenters. The van der Waals surface area contributed by atoms with Crippen molar-refractivity contribution in [3.8, 4) is 11.3 Å². The Kier molecular flexibility index (Phi) is 3.63. The number of anilines is 1. The summed E-state index contributed by atoms with van der Waals surface area (Å²) in [6.45, 7) is 5.26. The van der Waals surface area contributed by atoms with Crippen LogP contribution in [0.25, 0.3) is 22.2 Å². The highest BCUT2D eigenvalue weighted by Crippen LogP contribution is 2.31. The predicted octanol–water partition coefficient (Wildman–Crippen LogP) is 2.49. The van der Waals surface area contributed by atoms with Crippen LogP contribution in [-0.2, 0) is 0 Å². The number of aromatic nitrogens is 3. The number of piperazine rings is 1. The molecule has 0 aromatic carbocycles. The van der Waals surface area contributed by atoms with Gasteiger partial charge in [0.05, 0.1) is 17.4 Å². The van der Waals surface area contributed by atoms with Crippen LogP contribution in [0.4, 0.5) is 5.69 Å². The highest BCUT2D eigenvalue weighted by atomic mass is 15.2. The molecule has 4 rings (SSSR count). The van der Waals surface area contributed by atoms with Gasteiger partial charge in [0.2, 0.25) is 0 Å². The molecule has 4 heterocycles. The van der Waals surface area contributed by atoms with Crippen molar-refractivity contribution < 1.29 is 0 Å². The van der Waals surface area contributed by atoms with Crippen LogP contribution in [0.1, 0.15) is 6.92 Å². The number of fused-ring (bicyclic) bond motifs is 1. The molecule has 1 fully saturated rings. The van der Waals surface area contributed by atoms with Gasteiger partial charge in [-0.25, -0.2) is 4.98 Å². The smallest absolute Gasteiger partial charge is 0.0913 e. The van der Waals surface area contributed by atoms with Crippen molar-refractivity contribution in [3.05, 3.63) is 49.1 Å².